The van der Waals surface area contributed by atoms with Crippen LogP contribution < -0.4 is 10.6 Å². The van der Waals surface area contributed by atoms with Crippen LogP contribution >= 0.6 is 24.0 Å². The molecule has 2 N–H and O–H groups in total. The van der Waals surface area contributed by atoms with Gasteiger partial charge in [0.15, 0.2) is 5.96 Å². The lowest BCUT2D eigenvalue weighted by Crippen LogP contribution is -2.56. The standard InChI is InChI=1S/C23H37N5O.HI/c1-18(2)26-22(29)11-13-25-23(24-3)28-15-12-21-20(17-28)10-7-14-27(21)16-19-8-5-4-6-9-19;/h4-6,8-9,18,20-21H,7,10-17H2,1-3H3,(H,24,25)(H,26,29);1H. The van der Waals surface area contributed by atoms with Crippen molar-refractivity contribution in [3.63, 3.8) is 0 Å². The lowest BCUT2D eigenvalue weighted by molar-refractivity contribution is -0.121. The first-order chi connectivity index (χ1) is 14.1. The van der Waals surface area contributed by atoms with Crippen LogP contribution in [0.2, 0.25) is 0 Å². The number of amides is 1. The third-order valence-corrected chi connectivity index (χ3v) is 6.01. The quantitative estimate of drug-likeness (QED) is 0.339. The fourth-order valence-electron chi connectivity index (χ4n) is 4.73. The Morgan fingerprint density at radius 2 is 1.97 bits per heavy atom. The highest BCUT2D eigenvalue weighted by Crippen LogP contribution is 2.31. The van der Waals surface area contributed by atoms with Gasteiger partial charge in [0.1, 0.15) is 0 Å². The maximum Gasteiger partial charge on any atom is 0.221 e. The summed E-state index contributed by atoms with van der Waals surface area (Å²) >= 11 is 0. The summed E-state index contributed by atoms with van der Waals surface area (Å²) in [6.07, 6.45) is 4.21. The van der Waals surface area contributed by atoms with Crippen molar-refractivity contribution in [2.45, 2.75) is 58.2 Å². The summed E-state index contributed by atoms with van der Waals surface area (Å²) in [6, 6.07) is 11.7. The van der Waals surface area contributed by atoms with Crippen LogP contribution in [0.5, 0.6) is 0 Å². The molecule has 1 aromatic rings. The molecular weight excluding hydrogens is 489 g/mol. The lowest BCUT2D eigenvalue weighted by atomic mass is 9.83. The molecule has 2 aliphatic heterocycles. The normalized spacial score (nSPS) is 22.3. The number of rotatable bonds is 6. The molecule has 0 saturated carbocycles. The molecule has 0 aromatic heterocycles. The van der Waals surface area contributed by atoms with Crippen molar-refractivity contribution in [2.24, 2.45) is 10.9 Å². The number of nitrogens with zero attached hydrogens (tertiary/aromatic N) is 3. The smallest absolute Gasteiger partial charge is 0.221 e. The van der Waals surface area contributed by atoms with Crippen molar-refractivity contribution < 1.29 is 4.79 Å². The van der Waals surface area contributed by atoms with Crippen molar-refractivity contribution in [2.75, 3.05) is 33.2 Å². The second kappa shape index (κ2) is 12.5. The first-order valence-electron chi connectivity index (χ1n) is 11.1. The molecule has 0 bridgehead atoms. The predicted molar refractivity (Wildman–Crippen MR) is 134 cm³/mol. The zero-order valence-electron chi connectivity index (χ0n) is 18.6. The summed E-state index contributed by atoms with van der Waals surface area (Å²) in [4.78, 5) is 21.4. The highest BCUT2D eigenvalue weighted by atomic mass is 127. The number of carbonyl (C=O) groups excluding carboxylic acids is 1. The number of piperidine rings is 2. The van der Waals surface area contributed by atoms with Gasteiger partial charge >= 0.3 is 0 Å². The summed E-state index contributed by atoms with van der Waals surface area (Å²) in [5.41, 5.74) is 1.41. The van der Waals surface area contributed by atoms with E-state index in [9.17, 15) is 4.79 Å². The topological polar surface area (TPSA) is 60.0 Å². The summed E-state index contributed by atoms with van der Waals surface area (Å²) < 4.78 is 0. The van der Waals surface area contributed by atoms with Gasteiger partial charge in [0, 0.05) is 51.7 Å². The third-order valence-electron chi connectivity index (χ3n) is 6.01. The van der Waals surface area contributed by atoms with E-state index in [1.54, 1.807) is 0 Å². The molecule has 2 heterocycles. The highest BCUT2D eigenvalue weighted by molar-refractivity contribution is 14.0. The summed E-state index contributed by atoms with van der Waals surface area (Å²) in [5.74, 6) is 1.70. The first kappa shape index (κ1) is 24.9. The minimum absolute atomic E-state index is 0. The Balaban J connectivity index is 0.00000320. The van der Waals surface area contributed by atoms with E-state index >= 15 is 0 Å². The number of guanidine groups is 1. The van der Waals surface area contributed by atoms with Crippen LogP contribution in [0.4, 0.5) is 0 Å². The zero-order chi connectivity index (χ0) is 20.6. The van der Waals surface area contributed by atoms with Crippen LogP contribution in [-0.4, -0.2) is 67.0 Å². The molecule has 1 aromatic carbocycles. The molecule has 3 rings (SSSR count). The molecule has 6 nitrogen and oxygen atoms in total. The van der Waals surface area contributed by atoms with Gasteiger partial charge in [0.05, 0.1) is 0 Å². The van der Waals surface area contributed by atoms with Crippen molar-refractivity contribution in [1.82, 2.24) is 20.4 Å². The second-order valence-electron chi connectivity index (χ2n) is 8.61. The van der Waals surface area contributed by atoms with E-state index in [1.807, 2.05) is 20.9 Å². The van der Waals surface area contributed by atoms with E-state index < -0.39 is 0 Å². The maximum absolute atomic E-state index is 11.9. The highest BCUT2D eigenvalue weighted by Gasteiger charge is 2.36. The molecule has 7 heteroatoms. The molecule has 2 aliphatic rings. The average molecular weight is 527 g/mol. The van der Waals surface area contributed by atoms with Crippen molar-refractivity contribution in [1.29, 1.82) is 0 Å². The average Bonchev–Trinajstić information content (AvgIpc) is 2.71. The molecule has 2 atom stereocenters. The molecule has 168 valence electrons. The Morgan fingerprint density at radius 3 is 2.67 bits per heavy atom. The Labute approximate surface area is 198 Å². The minimum atomic E-state index is 0. The van der Waals surface area contributed by atoms with Gasteiger partial charge < -0.3 is 15.5 Å². The van der Waals surface area contributed by atoms with Crippen molar-refractivity contribution in [3.05, 3.63) is 35.9 Å². The molecule has 0 radical (unpaired) electrons. The second-order valence-corrected chi connectivity index (χ2v) is 8.61. The van der Waals surface area contributed by atoms with E-state index in [-0.39, 0.29) is 35.9 Å². The zero-order valence-corrected chi connectivity index (χ0v) is 21.0. The number of hydrogen-bond donors (Lipinski definition) is 2. The van der Waals surface area contributed by atoms with Crippen LogP contribution in [0.15, 0.2) is 35.3 Å². The number of fused-ring (bicyclic) bond motifs is 1. The number of hydrogen-bond acceptors (Lipinski definition) is 3. The van der Waals surface area contributed by atoms with Crippen LogP contribution in [0.25, 0.3) is 0 Å². The van der Waals surface area contributed by atoms with E-state index in [0.717, 1.165) is 25.6 Å². The number of carbonyl (C=O) groups is 1. The number of nitrogens with one attached hydrogen (secondary N) is 2. The van der Waals surface area contributed by atoms with E-state index in [2.05, 4.69) is 55.8 Å². The predicted octanol–water partition coefficient (Wildman–Crippen LogP) is 3.08. The summed E-state index contributed by atoms with van der Waals surface area (Å²) in [7, 11) is 1.84. The minimum Gasteiger partial charge on any atom is -0.356 e. The Bertz CT molecular complexity index is 681. The fourth-order valence-corrected chi connectivity index (χ4v) is 4.73. The van der Waals surface area contributed by atoms with Gasteiger partial charge in [0.2, 0.25) is 5.91 Å². The van der Waals surface area contributed by atoms with Gasteiger partial charge in [0.25, 0.3) is 0 Å². The van der Waals surface area contributed by atoms with Crippen molar-refractivity contribution in [3.8, 4) is 0 Å². The largest absolute Gasteiger partial charge is 0.356 e. The molecule has 0 spiro atoms. The van der Waals surface area contributed by atoms with E-state index in [0.29, 0.717) is 24.9 Å². The number of halogens is 1. The van der Waals surface area contributed by atoms with Gasteiger partial charge in [-0.15, -0.1) is 24.0 Å². The molecule has 2 saturated heterocycles. The molecule has 0 aliphatic carbocycles. The van der Waals surface area contributed by atoms with Gasteiger partial charge in [-0.2, -0.15) is 0 Å². The number of benzene rings is 1. The molecule has 2 fully saturated rings. The molecule has 1 amide bonds. The Morgan fingerprint density at radius 1 is 1.20 bits per heavy atom. The molecule has 30 heavy (non-hydrogen) atoms. The van der Waals surface area contributed by atoms with Crippen LogP contribution in [-0.2, 0) is 11.3 Å². The van der Waals surface area contributed by atoms with E-state index in [4.69, 9.17) is 0 Å². The monoisotopic (exact) mass is 527 g/mol. The van der Waals surface area contributed by atoms with Crippen LogP contribution in [0, 0.1) is 5.92 Å². The molecular formula is C23H38IN5O. The SMILES string of the molecule is CN=C(NCCC(=O)NC(C)C)N1CCC2C(CCCN2Cc2ccccc2)C1.I. The maximum atomic E-state index is 11.9. The Hall–Kier alpha value is -1.35. The fraction of sp³-hybridized carbons (Fsp3) is 0.652. The first-order valence-corrected chi connectivity index (χ1v) is 11.1. The lowest BCUT2D eigenvalue weighted by Gasteiger charge is -2.48. The third kappa shape index (κ3) is 7.11. The van der Waals surface area contributed by atoms with Crippen LogP contribution in [0.3, 0.4) is 0 Å². The van der Waals surface area contributed by atoms with E-state index in [1.165, 1.54) is 31.4 Å². The number of aliphatic imine (C=N–C) groups is 1. The Kier molecular flexibility index (Phi) is 10.4. The van der Waals surface area contributed by atoms with Gasteiger partial charge in [-0.05, 0) is 51.1 Å². The molecule has 2 unspecified atom stereocenters. The van der Waals surface area contributed by atoms with Gasteiger partial charge in [-0.3, -0.25) is 14.7 Å². The van der Waals surface area contributed by atoms with Gasteiger partial charge in [-0.25, -0.2) is 0 Å². The van der Waals surface area contributed by atoms with Crippen LogP contribution in [0.1, 0.15) is 45.1 Å². The summed E-state index contributed by atoms with van der Waals surface area (Å²) in [6.45, 7) is 8.92. The summed E-state index contributed by atoms with van der Waals surface area (Å²) in [5, 5.41) is 6.33. The van der Waals surface area contributed by atoms with Gasteiger partial charge in [-0.1, -0.05) is 30.3 Å². The number of likely N-dealkylation sites (tertiary alicyclic amines) is 2. The van der Waals surface area contributed by atoms with Crippen molar-refractivity contribution >= 4 is 35.8 Å².